The molecule has 5 heteroatoms. The molecule has 2 aliphatic rings. The molecule has 2 N–H and O–H groups in total. The summed E-state index contributed by atoms with van der Waals surface area (Å²) >= 11 is 0. The minimum absolute atomic E-state index is 0.0180. The normalized spacial score (nSPS) is 19.3. The van der Waals surface area contributed by atoms with E-state index in [0.717, 1.165) is 10.9 Å². The molecule has 2 aromatic carbocycles. The Morgan fingerprint density at radius 1 is 0.958 bits per heavy atom. The summed E-state index contributed by atoms with van der Waals surface area (Å²) in [6.07, 6.45) is 0. The third kappa shape index (κ3) is 1.55. The molecule has 3 aromatic rings. The molecule has 0 saturated carbocycles. The van der Waals surface area contributed by atoms with E-state index < -0.39 is 0 Å². The van der Waals surface area contributed by atoms with Gasteiger partial charge < -0.3 is 15.3 Å². The quantitative estimate of drug-likeness (QED) is 0.623. The molecule has 5 rings (SSSR count). The molecule has 0 bridgehead atoms. The molecule has 116 valence electrons. The first-order valence-corrected chi connectivity index (χ1v) is 7.72. The highest BCUT2D eigenvalue weighted by Gasteiger charge is 2.40. The van der Waals surface area contributed by atoms with Gasteiger partial charge in [-0.3, -0.25) is 9.59 Å². The van der Waals surface area contributed by atoms with Crippen LogP contribution in [0.2, 0.25) is 0 Å². The molecule has 1 aromatic heterocycles. The molecular weight excluding hydrogens is 304 g/mol. The van der Waals surface area contributed by atoms with Crippen molar-refractivity contribution in [2.45, 2.75) is 0 Å². The Balaban J connectivity index is 1.84. The number of aromatic nitrogens is 1. The number of carbonyl (C=O) groups excluding carboxylic acids is 2. The summed E-state index contributed by atoms with van der Waals surface area (Å²) in [6, 6.07) is 14.3. The number of quaternary nitrogens is 1. The van der Waals surface area contributed by atoms with Crippen molar-refractivity contribution in [2.75, 3.05) is 6.54 Å². The summed E-state index contributed by atoms with van der Waals surface area (Å²) < 4.78 is 0. The SMILES string of the molecule is O=C1C2=C(C[NH+]([O-])c3ccccc32)C(=O)c2c1[nH]c1ccccc21. The first-order chi connectivity index (χ1) is 11.7. The Bertz CT molecular complexity index is 1090. The van der Waals surface area contributed by atoms with Gasteiger partial charge in [0.15, 0.2) is 5.78 Å². The molecule has 2 heterocycles. The van der Waals surface area contributed by atoms with Gasteiger partial charge in [-0.05, 0) is 12.1 Å². The molecule has 1 aliphatic heterocycles. The number of hydrogen-bond acceptors (Lipinski definition) is 3. The Kier molecular flexibility index (Phi) is 2.52. The first-order valence-electron chi connectivity index (χ1n) is 7.72. The minimum atomic E-state index is -0.222. The van der Waals surface area contributed by atoms with E-state index >= 15 is 0 Å². The van der Waals surface area contributed by atoms with Gasteiger partial charge in [-0.2, -0.15) is 0 Å². The number of aromatic amines is 1. The second-order valence-corrected chi connectivity index (χ2v) is 6.08. The number of ketones is 2. The molecule has 0 radical (unpaired) electrons. The standard InChI is InChI=1S/C19H12N2O3/c22-18-12-9-21(24)14-8-4-2-6-11(14)15(12)19(23)17-16(18)10-5-1-3-7-13(10)20-17/h1-8,20-21H,9H2. The van der Waals surface area contributed by atoms with Gasteiger partial charge in [-0.25, -0.2) is 0 Å². The Labute approximate surface area is 136 Å². The molecule has 1 unspecified atom stereocenters. The average Bonchev–Trinajstić information content (AvgIpc) is 3.00. The predicted molar refractivity (Wildman–Crippen MR) is 89.2 cm³/mol. The third-order valence-electron chi connectivity index (χ3n) is 4.80. The van der Waals surface area contributed by atoms with Gasteiger partial charge in [0.1, 0.15) is 12.2 Å². The van der Waals surface area contributed by atoms with Crippen LogP contribution < -0.4 is 5.06 Å². The van der Waals surface area contributed by atoms with Crippen LogP contribution in [0.1, 0.15) is 26.4 Å². The lowest BCUT2D eigenvalue weighted by Crippen LogP contribution is -3.03. The van der Waals surface area contributed by atoms with Gasteiger partial charge in [-0.15, -0.1) is 0 Å². The zero-order chi connectivity index (χ0) is 16.4. The maximum Gasteiger partial charge on any atom is 0.211 e. The van der Waals surface area contributed by atoms with Crippen LogP contribution in [-0.2, 0) is 0 Å². The average molecular weight is 316 g/mol. The summed E-state index contributed by atoms with van der Waals surface area (Å²) in [5, 5.41) is 13.0. The van der Waals surface area contributed by atoms with Crippen molar-refractivity contribution in [1.29, 1.82) is 0 Å². The number of para-hydroxylation sites is 2. The molecule has 0 spiro atoms. The number of Topliss-reactive ketones (excluding diaryl/α,β-unsaturated/α-hetero) is 2. The molecule has 0 saturated heterocycles. The molecule has 1 aliphatic carbocycles. The fraction of sp³-hybridized carbons (Fsp3) is 0.0526. The number of allylic oxidation sites excluding steroid dienone is 1. The summed E-state index contributed by atoms with van der Waals surface area (Å²) in [6.45, 7) is -0.0180. The van der Waals surface area contributed by atoms with Gasteiger partial charge >= 0.3 is 0 Å². The van der Waals surface area contributed by atoms with Crippen molar-refractivity contribution in [3.05, 3.63) is 76.1 Å². The van der Waals surface area contributed by atoms with E-state index in [9.17, 15) is 14.8 Å². The number of rotatable bonds is 0. The van der Waals surface area contributed by atoms with Crippen LogP contribution in [0.25, 0.3) is 16.5 Å². The molecule has 0 amide bonds. The molecular formula is C19H12N2O3. The van der Waals surface area contributed by atoms with E-state index in [1.54, 1.807) is 24.3 Å². The van der Waals surface area contributed by atoms with Gasteiger partial charge in [-0.1, -0.05) is 30.3 Å². The number of nitrogens with one attached hydrogen (secondary N) is 2. The second kappa shape index (κ2) is 4.50. The summed E-state index contributed by atoms with van der Waals surface area (Å²) in [5.41, 5.74) is 3.23. The van der Waals surface area contributed by atoms with Crippen LogP contribution >= 0.6 is 0 Å². The van der Waals surface area contributed by atoms with Crippen LogP contribution in [0, 0.1) is 5.21 Å². The van der Waals surface area contributed by atoms with Gasteiger partial charge in [0.05, 0.1) is 22.4 Å². The van der Waals surface area contributed by atoms with E-state index in [4.69, 9.17) is 0 Å². The zero-order valence-corrected chi connectivity index (χ0v) is 12.6. The van der Waals surface area contributed by atoms with Crippen LogP contribution in [-0.4, -0.2) is 23.1 Å². The molecule has 24 heavy (non-hydrogen) atoms. The van der Waals surface area contributed by atoms with Crippen LogP contribution in [0.3, 0.4) is 0 Å². The lowest BCUT2D eigenvalue weighted by Gasteiger charge is -2.32. The van der Waals surface area contributed by atoms with E-state index in [-0.39, 0.29) is 23.2 Å². The zero-order valence-electron chi connectivity index (χ0n) is 12.6. The van der Waals surface area contributed by atoms with E-state index in [2.05, 4.69) is 4.98 Å². The van der Waals surface area contributed by atoms with Gasteiger partial charge in [0.2, 0.25) is 5.78 Å². The van der Waals surface area contributed by atoms with Crippen molar-refractivity contribution < 1.29 is 14.7 Å². The van der Waals surface area contributed by atoms with Crippen molar-refractivity contribution >= 4 is 33.7 Å². The van der Waals surface area contributed by atoms with E-state index in [1.165, 1.54) is 0 Å². The highest BCUT2D eigenvalue weighted by molar-refractivity contribution is 6.43. The fourth-order valence-corrected chi connectivity index (χ4v) is 3.73. The summed E-state index contributed by atoms with van der Waals surface area (Å²) in [5.74, 6) is -0.435. The third-order valence-corrected chi connectivity index (χ3v) is 4.80. The van der Waals surface area contributed by atoms with Crippen molar-refractivity contribution in [3.8, 4) is 0 Å². The van der Waals surface area contributed by atoms with Crippen molar-refractivity contribution in [2.24, 2.45) is 0 Å². The van der Waals surface area contributed by atoms with Gasteiger partial charge in [0, 0.05) is 22.5 Å². The Hall–Kier alpha value is -3.02. The molecule has 5 nitrogen and oxygen atoms in total. The first kappa shape index (κ1) is 13.4. The van der Waals surface area contributed by atoms with Crippen LogP contribution in [0.15, 0.2) is 54.1 Å². The van der Waals surface area contributed by atoms with Crippen LogP contribution in [0.4, 0.5) is 5.69 Å². The number of carbonyl (C=O) groups is 2. The minimum Gasteiger partial charge on any atom is -0.629 e. The predicted octanol–water partition coefficient (Wildman–Crippen LogP) is 2.03. The number of H-pyrrole nitrogens is 1. The number of benzene rings is 2. The largest absolute Gasteiger partial charge is 0.629 e. The smallest absolute Gasteiger partial charge is 0.211 e. The lowest BCUT2D eigenvalue weighted by molar-refractivity contribution is -0.770. The molecule has 1 atom stereocenters. The maximum atomic E-state index is 13.1. The van der Waals surface area contributed by atoms with E-state index in [1.807, 2.05) is 24.3 Å². The van der Waals surface area contributed by atoms with E-state index in [0.29, 0.717) is 33.7 Å². The van der Waals surface area contributed by atoms with Gasteiger partial charge in [0.25, 0.3) is 0 Å². The fourth-order valence-electron chi connectivity index (χ4n) is 3.73. The number of hydroxylamine groups is 1. The van der Waals surface area contributed by atoms with Crippen LogP contribution in [0.5, 0.6) is 0 Å². The summed E-state index contributed by atoms with van der Waals surface area (Å²) in [4.78, 5) is 29.2. The summed E-state index contributed by atoms with van der Waals surface area (Å²) in [7, 11) is 0. The number of hydrogen-bond donors (Lipinski definition) is 2. The Morgan fingerprint density at radius 3 is 2.58 bits per heavy atom. The lowest BCUT2D eigenvalue weighted by atomic mass is 9.81. The topological polar surface area (TPSA) is 77.4 Å². The number of fused-ring (bicyclic) bond motifs is 5. The Morgan fingerprint density at radius 2 is 1.71 bits per heavy atom. The molecule has 0 fully saturated rings. The maximum absolute atomic E-state index is 13.1. The highest BCUT2D eigenvalue weighted by Crippen LogP contribution is 2.38. The van der Waals surface area contributed by atoms with Crippen molar-refractivity contribution in [3.63, 3.8) is 0 Å². The van der Waals surface area contributed by atoms with Crippen molar-refractivity contribution in [1.82, 2.24) is 4.98 Å². The highest BCUT2D eigenvalue weighted by atomic mass is 16.5. The second-order valence-electron chi connectivity index (χ2n) is 6.08. The monoisotopic (exact) mass is 316 g/mol.